The molecular formula is C35H36N2O10. The molecule has 246 valence electrons. The highest BCUT2D eigenvalue weighted by Crippen LogP contribution is 2.61. The predicted molar refractivity (Wildman–Crippen MR) is 165 cm³/mol. The summed E-state index contributed by atoms with van der Waals surface area (Å²) in [5.41, 5.74) is -2.40. The summed E-state index contributed by atoms with van der Waals surface area (Å²) in [7, 11) is 0. The van der Waals surface area contributed by atoms with Crippen LogP contribution in [0, 0.1) is 34.5 Å². The maximum absolute atomic E-state index is 13.5. The van der Waals surface area contributed by atoms with Crippen molar-refractivity contribution >= 4 is 17.9 Å². The number of carboxylic acids is 2. The monoisotopic (exact) mass is 644 g/mol. The Bertz CT molecular complexity index is 1760. The number of pyridine rings is 1. The van der Waals surface area contributed by atoms with Gasteiger partial charge >= 0.3 is 23.5 Å². The molecule has 1 fully saturated rings. The molecule has 0 radical (unpaired) electrons. The van der Waals surface area contributed by atoms with Crippen LogP contribution in [0.5, 0.6) is 5.75 Å². The number of carboxylic acid groups (broad SMARTS) is 2. The summed E-state index contributed by atoms with van der Waals surface area (Å²) >= 11 is 0. The van der Waals surface area contributed by atoms with Crippen molar-refractivity contribution in [1.82, 2.24) is 4.98 Å². The van der Waals surface area contributed by atoms with Gasteiger partial charge in [-0.1, -0.05) is 20.3 Å². The molecule has 3 aromatic rings. The van der Waals surface area contributed by atoms with E-state index in [4.69, 9.17) is 19.0 Å². The highest BCUT2D eigenvalue weighted by atomic mass is 16.6. The molecule has 1 saturated carbocycles. The number of aromatic nitrogens is 1. The average Bonchev–Trinajstić information content (AvgIpc) is 3.02. The summed E-state index contributed by atoms with van der Waals surface area (Å²) in [5.74, 6) is -5.25. The van der Waals surface area contributed by atoms with E-state index < -0.39 is 64.5 Å². The van der Waals surface area contributed by atoms with Gasteiger partial charge in [-0.2, -0.15) is 5.26 Å². The van der Waals surface area contributed by atoms with Gasteiger partial charge in [-0.15, -0.1) is 0 Å². The predicted octanol–water partition coefficient (Wildman–Crippen LogP) is 4.99. The zero-order chi connectivity index (χ0) is 34.1. The number of hydrogen-bond acceptors (Lipinski definition) is 10. The zero-order valence-corrected chi connectivity index (χ0v) is 26.2. The lowest BCUT2D eigenvalue weighted by atomic mass is 9.50. The van der Waals surface area contributed by atoms with Gasteiger partial charge in [-0.3, -0.25) is 14.6 Å². The summed E-state index contributed by atoms with van der Waals surface area (Å²) in [6.07, 6.45) is 1.19. The van der Waals surface area contributed by atoms with Crippen molar-refractivity contribution in [3.05, 3.63) is 82.0 Å². The number of hydrogen-bond donors (Lipinski definition) is 3. The maximum Gasteiger partial charge on any atom is 0.345 e. The number of aliphatic hydroxyl groups is 1. The van der Waals surface area contributed by atoms with Gasteiger partial charge in [0.25, 0.3) is 0 Å². The van der Waals surface area contributed by atoms with E-state index in [1.807, 2.05) is 6.07 Å². The Morgan fingerprint density at radius 3 is 2.47 bits per heavy atom. The van der Waals surface area contributed by atoms with Crippen molar-refractivity contribution in [2.75, 3.05) is 0 Å². The molecule has 1 aromatic carbocycles. The number of rotatable bonds is 10. The van der Waals surface area contributed by atoms with Crippen LogP contribution in [0.2, 0.25) is 0 Å². The highest BCUT2D eigenvalue weighted by molar-refractivity contribution is 5.89. The largest absolute Gasteiger partial charge is 0.482 e. The molecule has 0 amide bonds. The second-order valence-corrected chi connectivity index (χ2v) is 13.0. The van der Waals surface area contributed by atoms with E-state index in [0.717, 1.165) is 0 Å². The van der Waals surface area contributed by atoms with E-state index >= 15 is 0 Å². The number of esters is 1. The molecule has 2 aromatic heterocycles. The lowest BCUT2D eigenvalue weighted by Gasteiger charge is -2.60. The molecular weight excluding hydrogens is 608 g/mol. The Labute approximate surface area is 270 Å². The van der Waals surface area contributed by atoms with Gasteiger partial charge in [-0.05, 0) is 73.9 Å². The van der Waals surface area contributed by atoms with Crippen molar-refractivity contribution in [1.29, 1.82) is 5.26 Å². The second kappa shape index (κ2) is 13.0. The van der Waals surface area contributed by atoms with Crippen LogP contribution < -0.4 is 10.4 Å². The molecule has 0 spiro atoms. The summed E-state index contributed by atoms with van der Waals surface area (Å²) in [6.45, 7) is 5.28. The Kier molecular flexibility index (Phi) is 9.22. The molecule has 1 aliphatic heterocycles. The van der Waals surface area contributed by atoms with E-state index in [-0.39, 0.29) is 48.3 Å². The molecule has 3 heterocycles. The van der Waals surface area contributed by atoms with E-state index in [9.17, 15) is 34.7 Å². The summed E-state index contributed by atoms with van der Waals surface area (Å²) in [4.78, 5) is 54.9. The van der Waals surface area contributed by atoms with Crippen molar-refractivity contribution in [3.63, 3.8) is 0 Å². The molecule has 2 aliphatic rings. The lowest BCUT2D eigenvalue weighted by Crippen LogP contribution is -2.67. The van der Waals surface area contributed by atoms with Gasteiger partial charge in [0.1, 0.15) is 28.8 Å². The smallest absolute Gasteiger partial charge is 0.345 e. The van der Waals surface area contributed by atoms with Crippen LogP contribution in [0.25, 0.3) is 11.3 Å². The number of nitriles is 1. The minimum Gasteiger partial charge on any atom is -0.482 e. The highest BCUT2D eigenvalue weighted by Gasteiger charge is 2.66. The summed E-state index contributed by atoms with van der Waals surface area (Å²) in [5, 5.41) is 40.7. The van der Waals surface area contributed by atoms with Crippen LogP contribution >= 0.6 is 0 Å². The van der Waals surface area contributed by atoms with Crippen molar-refractivity contribution in [3.8, 4) is 23.1 Å². The third kappa shape index (κ3) is 6.36. The Morgan fingerprint density at radius 1 is 1.13 bits per heavy atom. The second-order valence-electron chi connectivity index (χ2n) is 13.0. The number of fused-ring (bicyclic) bond motifs is 2. The minimum atomic E-state index is -1.49. The average molecular weight is 645 g/mol. The van der Waals surface area contributed by atoms with Crippen LogP contribution in [-0.4, -0.2) is 49.9 Å². The third-order valence-corrected chi connectivity index (χ3v) is 9.78. The van der Waals surface area contributed by atoms with E-state index in [2.05, 4.69) is 4.98 Å². The van der Waals surface area contributed by atoms with Gasteiger partial charge in [0.2, 0.25) is 0 Å². The van der Waals surface area contributed by atoms with Gasteiger partial charge in [-0.25, -0.2) is 9.59 Å². The van der Waals surface area contributed by atoms with Gasteiger partial charge in [0.15, 0.2) is 0 Å². The molecule has 12 nitrogen and oxygen atoms in total. The first-order valence-electron chi connectivity index (χ1n) is 15.4. The molecule has 5 rings (SSSR count). The summed E-state index contributed by atoms with van der Waals surface area (Å²) < 4.78 is 18.3. The van der Waals surface area contributed by atoms with Crippen LogP contribution in [0.3, 0.4) is 0 Å². The van der Waals surface area contributed by atoms with E-state index in [1.165, 1.54) is 36.5 Å². The fourth-order valence-electron chi connectivity index (χ4n) is 7.54. The first-order chi connectivity index (χ1) is 22.3. The quantitative estimate of drug-likeness (QED) is 0.198. The zero-order valence-electron chi connectivity index (χ0n) is 26.2. The van der Waals surface area contributed by atoms with Gasteiger partial charge in [0.05, 0.1) is 29.2 Å². The fourth-order valence-corrected chi connectivity index (χ4v) is 7.54. The molecule has 6 atom stereocenters. The molecule has 0 bridgehead atoms. The molecule has 12 heteroatoms. The van der Waals surface area contributed by atoms with E-state index in [1.54, 1.807) is 39.1 Å². The molecule has 1 unspecified atom stereocenters. The van der Waals surface area contributed by atoms with Crippen LogP contribution in [0.1, 0.15) is 80.5 Å². The molecule has 47 heavy (non-hydrogen) atoms. The van der Waals surface area contributed by atoms with Crippen molar-refractivity contribution < 1.29 is 43.6 Å². The molecule has 3 N–H and O–H groups in total. The summed E-state index contributed by atoms with van der Waals surface area (Å²) in [6, 6.07) is 12.7. The third-order valence-electron chi connectivity index (χ3n) is 9.78. The van der Waals surface area contributed by atoms with Crippen molar-refractivity contribution in [2.45, 2.75) is 70.7 Å². The Morgan fingerprint density at radius 2 is 1.85 bits per heavy atom. The van der Waals surface area contributed by atoms with Gasteiger partial charge in [0, 0.05) is 36.4 Å². The van der Waals surface area contributed by atoms with E-state index in [0.29, 0.717) is 17.5 Å². The van der Waals surface area contributed by atoms with Crippen LogP contribution in [0.15, 0.2) is 64.1 Å². The lowest BCUT2D eigenvalue weighted by molar-refractivity contribution is -0.223. The number of aliphatic hydroxyl groups excluding tert-OH is 1. The van der Waals surface area contributed by atoms with Gasteiger partial charge < -0.3 is 29.2 Å². The number of aliphatic carboxylic acids is 2. The number of carbonyl (C=O) groups excluding carboxylic acids is 1. The number of nitrogens with zero attached hydrogens (tertiary/aromatic N) is 2. The van der Waals surface area contributed by atoms with Crippen LogP contribution in [0.4, 0.5) is 0 Å². The number of carbonyl (C=O) groups is 3. The molecule has 1 aliphatic carbocycles. The maximum atomic E-state index is 13.5. The number of unbranched alkanes of at least 4 members (excludes halogenated alkanes) is 1. The minimum absolute atomic E-state index is 0.0386. The number of benzene rings is 1. The first-order valence-corrected chi connectivity index (χ1v) is 15.4. The van der Waals surface area contributed by atoms with Crippen molar-refractivity contribution in [2.24, 2.45) is 23.2 Å². The SMILES string of the molecule is CC1(C)[C@H]2[C@@H](O)c3c(cc(-c4cccnc4)oc3=O)O[C@]2(C)[C@@H](OC(=O)c2ccc(C#N)cc2)C[C@H]1C(CCCCC(=O)O)C(=O)O. The Balaban J connectivity index is 1.59. The normalized spacial score (nSPS) is 24.8. The first kappa shape index (κ1) is 33.3. The molecule has 0 saturated heterocycles. The fraction of sp³-hybridized carbons (Fsp3) is 0.429. The Hall–Kier alpha value is -5.02. The standard InChI is InChI=1S/C35H36N2O10/c1-34(2)23(22(31(41)42)8-4-5-9-27(38)39)15-26(46-32(43)20-12-10-19(17-36)11-13-20)35(3)30(34)29(40)28-25(47-35)16-24(45-33(28)44)21-7-6-14-37-18-21/h6-7,10-14,16,18,22-23,26,29-30,40H,4-5,8-9,15H2,1-3H3,(H,38,39)(H,41,42)/t22?,23-,26-,29-,30+,35+/m0/s1. The topological polar surface area (TPSA) is 197 Å². The van der Waals surface area contributed by atoms with Crippen LogP contribution in [-0.2, 0) is 14.3 Å². The number of ether oxygens (including phenoxy) is 2.